The fourth-order valence-corrected chi connectivity index (χ4v) is 2.65. The van der Waals surface area contributed by atoms with E-state index in [9.17, 15) is 0 Å². The van der Waals surface area contributed by atoms with E-state index in [0.29, 0.717) is 22.0 Å². The van der Waals surface area contributed by atoms with E-state index >= 15 is 0 Å². The van der Waals surface area contributed by atoms with Crippen molar-refractivity contribution >= 4 is 22.0 Å². The molecule has 0 amide bonds. The Morgan fingerprint density at radius 2 is 2.29 bits per heavy atom. The minimum atomic E-state index is 0.190. The molecule has 2 heterocycles. The van der Waals surface area contributed by atoms with Gasteiger partial charge in [-0.25, -0.2) is 0 Å². The van der Waals surface area contributed by atoms with Crippen molar-refractivity contribution in [3.05, 3.63) is 10.4 Å². The topological polar surface area (TPSA) is 94.9 Å². The molecular weight excluding hydrogens is 236 g/mol. The van der Waals surface area contributed by atoms with Crippen molar-refractivity contribution in [1.29, 1.82) is 10.5 Å². The first kappa shape index (κ1) is 11.7. The van der Waals surface area contributed by atoms with Crippen LogP contribution >= 0.6 is 11.3 Å². The standard InChI is InChI=1S/C11H12N4OS/c12-4-8-10(14)9(5-13)17-11(8)15-6-7-2-1-3-16-7/h7,15H,1-3,6,14H2. The molecule has 1 aromatic heterocycles. The summed E-state index contributed by atoms with van der Waals surface area (Å²) in [4.78, 5) is 0.386. The van der Waals surface area contributed by atoms with Crippen molar-refractivity contribution in [3.63, 3.8) is 0 Å². The number of hydrogen-bond acceptors (Lipinski definition) is 6. The van der Waals surface area contributed by atoms with Crippen molar-refractivity contribution in [3.8, 4) is 12.1 Å². The molecule has 0 aromatic carbocycles. The van der Waals surface area contributed by atoms with E-state index in [-0.39, 0.29) is 11.8 Å². The molecule has 1 atom stereocenters. The van der Waals surface area contributed by atoms with Crippen LogP contribution in [-0.2, 0) is 4.74 Å². The largest absolute Gasteiger partial charge is 0.396 e. The Balaban J connectivity index is 2.10. The number of thiophene rings is 1. The summed E-state index contributed by atoms with van der Waals surface area (Å²) >= 11 is 1.22. The van der Waals surface area contributed by atoms with Gasteiger partial charge in [-0.15, -0.1) is 11.3 Å². The van der Waals surface area contributed by atoms with Crippen LogP contribution in [-0.4, -0.2) is 19.3 Å². The monoisotopic (exact) mass is 248 g/mol. The molecule has 6 heteroatoms. The zero-order chi connectivity index (χ0) is 12.3. The van der Waals surface area contributed by atoms with E-state index in [1.807, 2.05) is 12.1 Å². The van der Waals surface area contributed by atoms with Crippen LogP contribution in [0.3, 0.4) is 0 Å². The maximum absolute atomic E-state index is 9.00. The lowest BCUT2D eigenvalue weighted by molar-refractivity contribution is 0.120. The van der Waals surface area contributed by atoms with Crippen molar-refractivity contribution in [1.82, 2.24) is 0 Å². The highest BCUT2D eigenvalue weighted by Crippen LogP contribution is 2.34. The summed E-state index contributed by atoms with van der Waals surface area (Å²) in [6, 6.07) is 4.01. The highest BCUT2D eigenvalue weighted by Gasteiger charge is 2.19. The molecule has 5 nitrogen and oxygen atoms in total. The van der Waals surface area contributed by atoms with Gasteiger partial charge < -0.3 is 15.8 Å². The van der Waals surface area contributed by atoms with Gasteiger partial charge in [-0.05, 0) is 12.8 Å². The lowest BCUT2D eigenvalue weighted by atomic mass is 10.2. The van der Waals surface area contributed by atoms with Gasteiger partial charge in [0.2, 0.25) is 0 Å². The quantitative estimate of drug-likeness (QED) is 0.848. The second-order valence-electron chi connectivity index (χ2n) is 3.79. The Morgan fingerprint density at radius 3 is 2.88 bits per heavy atom. The van der Waals surface area contributed by atoms with Crippen LogP contribution in [0.1, 0.15) is 23.3 Å². The summed E-state index contributed by atoms with van der Waals surface area (Å²) in [5, 5.41) is 21.7. The molecule has 1 aliphatic rings. The second-order valence-corrected chi connectivity index (χ2v) is 4.81. The third-order valence-corrected chi connectivity index (χ3v) is 3.74. The predicted molar refractivity (Wildman–Crippen MR) is 65.6 cm³/mol. The third-order valence-electron chi connectivity index (χ3n) is 2.67. The molecule has 1 unspecified atom stereocenters. The average molecular weight is 248 g/mol. The van der Waals surface area contributed by atoms with Crippen molar-refractivity contribution < 1.29 is 4.74 Å². The third kappa shape index (κ3) is 2.33. The zero-order valence-electron chi connectivity index (χ0n) is 9.19. The molecule has 1 aliphatic heterocycles. The molecule has 17 heavy (non-hydrogen) atoms. The molecule has 0 radical (unpaired) electrons. The molecule has 1 aromatic rings. The van der Waals surface area contributed by atoms with Crippen molar-refractivity contribution in [2.24, 2.45) is 0 Å². The summed E-state index contributed by atoms with van der Waals surface area (Å²) < 4.78 is 5.47. The van der Waals surface area contributed by atoms with Crippen LogP contribution in [0, 0.1) is 22.7 Å². The molecule has 0 aliphatic carbocycles. The number of nitrogens with zero attached hydrogens (tertiary/aromatic N) is 2. The number of rotatable bonds is 3. The van der Waals surface area contributed by atoms with Crippen LogP contribution in [0.5, 0.6) is 0 Å². The van der Waals surface area contributed by atoms with Gasteiger partial charge in [0.05, 0.1) is 11.8 Å². The minimum absolute atomic E-state index is 0.190. The zero-order valence-corrected chi connectivity index (χ0v) is 10.0. The number of nitriles is 2. The van der Waals surface area contributed by atoms with Gasteiger partial charge in [0.15, 0.2) is 0 Å². The highest BCUT2D eigenvalue weighted by molar-refractivity contribution is 7.17. The number of hydrogen-bond donors (Lipinski definition) is 2. The lowest BCUT2D eigenvalue weighted by Gasteiger charge is -2.10. The summed E-state index contributed by atoms with van der Waals surface area (Å²) in [7, 11) is 0. The SMILES string of the molecule is N#Cc1sc(NCC2CCCO2)c(C#N)c1N. The maximum Gasteiger partial charge on any atom is 0.131 e. The first-order valence-electron chi connectivity index (χ1n) is 5.34. The van der Waals surface area contributed by atoms with Gasteiger partial charge in [0.25, 0.3) is 0 Å². The van der Waals surface area contributed by atoms with Crippen molar-refractivity contribution in [2.75, 3.05) is 24.2 Å². The lowest BCUT2D eigenvalue weighted by Crippen LogP contribution is -2.18. The first-order chi connectivity index (χ1) is 8.26. The van der Waals surface area contributed by atoms with E-state index in [2.05, 4.69) is 5.32 Å². The van der Waals surface area contributed by atoms with Gasteiger partial charge in [0, 0.05) is 13.2 Å². The second kappa shape index (κ2) is 5.05. The Morgan fingerprint density at radius 1 is 1.47 bits per heavy atom. The van der Waals surface area contributed by atoms with E-state index in [1.54, 1.807) is 0 Å². The molecule has 0 spiro atoms. The van der Waals surface area contributed by atoms with E-state index in [0.717, 1.165) is 19.4 Å². The molecule has 0 saturated carbocycles. The summed E-state index contributed by atoms with van der Waals surface area (Å²) in [6.07, 6.45) is 2.30. The van der Waals surface area contributed by atoms with Gasteiger partial charge >= 0.3 is 0 Å². The van der Waals surface area contributed by atoms with E-state index < -0.39 is 0 Å². The number of nitrogens with one attached hydrogen (secondary N) is 1. The van der Waals surface area contributed by atoms with Crippen LogP contribution in [0.15, 0.2) is 0 Å². The molecule has 1 saturated heterocycles. The molecule has 0 bridgehead atoms. The van der Waals surface area contributed by atoms with Crippen molar-refractivity contribution in [2.45, 2.75) is 18.9 Å². The number of anilines is 2. The molecule has 88 valence electrons. The Kier molecular flexibility index (Phi) is 3.48. The minimum Gasteiger partial charge on any atom is -0.396 e. The predicted octanol–water partition coefficient (Wildman–Crippen LogP) is 1.66. The van der Waals surface area contributed by atoms with Gasteiger partial charge in [-0.1, -0.05) is 0 Å². The van der Waals surface area contributed by atoms with Gasteiger partial charge in [-0.2, -0.15) is 10.5 Å². The smallest absolute Gasteiger partial charge is 0.131 e. The average Bonchev–Trinajstić information content (AvgIpc) is 2.94. The van der Waals surface area contributed by atoms with Crippen LogP contribution in [0.4, 0.5) is 10.7 Å². The Bertz CT molecular complexity index is 491. The molecule has 3 N–H and O–H groups in total. The fourth-order valence-electron chi connectivity index (χ4n) is 1.77. The Hall–Kier alpha value is -1.76. The van der Waals surface area contributed by atoms with Crippen LogP contribution in [0.2, 0.25) is 0 Å². The number of ether oxygens (including phenoxy) is 1. The summed E-state index contributed by atoms with van der Waals surface area (Å²) in [5.74, 6) is 0. The van der Waals surface area contributed by atoms with Gasteiger partial charge in [-0.3, -0.25) is 0 Å². The van der Waals surface area contributed by atoms with E-state index in [4.69, 9.17) is 21.0 Å². The van der Waals surface area contributed by atoms with E-state index in [1.165, 1.54) is 11.3 Å². The summed E-state index contributed by atoms with van der Waals surface area (Å²) in [5.41, 5.74) is 6.34. The normalized spacial score (nSPS) is 18.6. The first-order valence-corrected chi connectivity index (χ1v) is 6.16. The van der Waals surface area contributed by atoms with Gasteiger partial charge in [0.1, 0.15) is 27.6 Å². The van der Waals surface area contributed by atoms with Crippen LogP contribution < -0.4 is 11.1 Å². The molecule has 1 fully saturated rings. The molecule has 2 rings (SSSR count). The number of nitrogens with two attached hydrogens (primary N) is 1. The summed E-state index contributed by atoms with van der Waals surface area (Å²) in [6.45, 7) is 1.45. The highest BCUT2D eigenvalue weighted by atomic mass is 32.1. The van der Waals surface area contributed by atoms with Crippen LogP contribution in [0.25, 0.3) is 0 Å². The fraction of sp³-hybridized carbons (Fsp3) is 0.455. The maximum atomic E-state index is 9.00. The number of nitrogen functional groups attached to an aromatic ring is 1. The Labute approximate surface area is 103 Å². The molecular formula is C11H12N4OS.